The number of aliphatic hydroxyl groups excluding tert-OH is 2. The lowest BCUT2D eigenvalue weighted by Crippen LogP contribution is -2.45. The first kappa shape index (κ1) is 67.3. The molecule has 0 spiro atoms. The molecule has 6 heteroatoms. The molecular weight excluding hydrogens is 851 g/mol. The van der Waals surface area contributed by atoms with E-state index in [-0.39, 0.29) is 18.5 Å². The topological polar surface area (TPSA) is 95.9 Å². The largest absolute Gasteiger partial charge is 0.466 e. The number of unbranched alkanes of at least 4 members (excludes halogenated alkanes) is 43. The van der Waals surface area contributed by atoms with E-state index in [1.807, 2.05) is 0 Å². The molecule has 0 rings (SSSR count). The maximum absolute atomic E-state index is 12.5. The molecule has 0 aliphatic carbocycles. The molecule has 0 radical (unpaired) electrons. The second kappa shape index (κ2) is 58.9. The fourth-order valence-electron chi connectivity index (χ4n) is 9.69. The lowest BCUT2D eigenvalue weighted by atomic mass is 10.0. The number of hydrogen-bond donors (Lipinski definition) is 3. The first-order valence-corrected chi connectivity index (χ1v) is 31.1. The highest BCUT2D eigenvalue weighted by Crippen LogP contribution is 2.17. The van der Waals surface area contributed by atoms with Gasteiger partial charge in [0.25, 0.3) is 0 Å². The molecule has 0 bridgehead atoms. The van der Waals surface area contributed by atoms with E-state index in [1.54, 1.807) is 0 Å². The van der Waals surface area contributed by atoms with Gasteiger partial charge >= 0.3 is 5.97 Å². The molecule has 0 heterocycles. The molecule has 0 aromatic carbocycles. The Morgan fingerprint density at radius 2 is 0.681 bits per heavy atom. The molecule has 0 aromatic rings. The molecule has 69 heavy (non-hydrogen) atoms. The number of aliphatic hydroxyl groups is 2. The number of esters is 1. The number of rotatable bonds is 58. The minimum atomic E-state index is -0.665. The molecule has 0 fully saturated rings. The fraction of sp³-hybridized carbons (Fsp3) is 0.905. The van der Waals surface area contributed by atoms with Crippen molar-refractivity contribution in [1.82, 2.24) is 5.32 Å². The Morgan fingerprint density at radius 1 is 0.391 bits per heavy atom. The van der Waals surface area contributed by atoms with Crippen molar-refractivity contribution in [1.29, 1.82) is 0 Å². The van der Waals surface area contributed by atoms with Crippen LogP contribution in [-0.4, -0.2) is 47.4 Å². The van der Waals surface area contributed by atoms with E-state index in [0.29, 0.717) is 25.9 Å². The first-order chi connectivity index (χ1) is 34.0. The zero-order valence-electron chi connectivity index (χ0n) is 46.6. The highest BCUT2D eigenvalue weighted by Gasteiger charge is 2.20. The van der Waals surface area contributed by atoms with Crippen molar-refractivity contribution in [2.75, 3.05) is 13.2 Å². The fourth-order valence-corrected chi connectivity index (χ4v) is 9.69. The Balaban J connectivity index is 3.38. The van der Waals surface area contributed by atoms with Crippen molar-refractivity contribution in [2.45, 2.75) is 353 Å². The van der Waals surface area contributed by atoms with Crippen LogP contribution < -0.4 is 5.32 Å². The number of amides is 1. The van der Waals surface area contributed by atoms with Crippen molar-refractivity contribution in [2.24, 2.45) is 0 Å². The number of ether oxygens (including phenoxy) is 1. The first-order valence-electron chi connectivity index (χ1n) is 31.1. The molecule has 408 valence electrons. The molecular formula is C63H121NO5. The zero-order valence-corrected chi connectivity index (χ0v) is 46.6. The van der Waals surface area contributed by atoms with Crippen molar-refractivity contribution < 1.29 is 24.5 Å². The lowest BCUT2D eigenvalue weighted by Gasteiger charge is -2.22. The van der Waals surface area contributed by atoms with E-state index in [4.69, 9.17) is 4.74 Å². The summed E-state index contributed by atoms with van der Waals surface area (Å²) in [5.41, 5.74) is 0. The Kier molecular flexibility index (Phi) is 57.5. The highest BCUT2D eigenvalue weighted by molar-refractivity contribution is 5.76. The van der Waals surface area contributed by atoms with E-state index < -0.39 is 12.1 Å². The van der Waals surface area contributed by atoms with Gasteiger partial charge in [-0.3, -0.25) is 9.59 Å². The van der Waals surface area contributed by atoms with Crippen molar-refractivity contribution >= 4 is 11.9 Å². The minimum Gasteiger partial charge on any atom is -0.466 e. The SMILES string of the molecule is CCCCCCCC/C=C\CCCCCCCC(=O)OCCCCCCCCCCCCCC/C=C\CCCCCCCCCCCC(=O)NC(CO)C(O)CCCCCCCCCCCCCC. The number of hydrogen-bond acceptors (Lipinski definition) is 5. The number of allylic oxidation sites excluding steroid dienone is 4. The quantitative estimate of drug-likeness (QED) is 0.0321. The Bertz CT molecular complexity index is 1080. The summed E-state index contributed by atoms with van der Waals surface area (Å²) in [5, 5.41) is 23.2. The molecule has 1 amide bonds. The van der Waals surface area contributed by atoms with Gasteiger partial charge in [0.1, 0.15) is 0 Å². The van der Waals surface area contributed by atoms with Crippen molar-refractivity contribution in [3.8, 4) is 0 Å². The summed E-state index contributed by atoms with van der Waals surface area (Å²) < 4.78 is 5.48. The Morgan fingerprint density at radius 3 is 1.03 bits per heavy atom. The summed E-state index contributed by atoms with van der Waals surface area (Å²) in [4.78, 5) is 24.5. The summed E-state index contributed by atoms with van der Waals surface area (Å²) in [6.07, 6.45) is 71.9. The van der Waals surface area contributed by atoms with E-state index in [2.05, 4.69) is 43.5 Å². The molecule has 0 aliphatic rings. The van der Waals surface area contributed by atoms with Gasteiger partial charge in [-0.15, -0.1) is 0 Å². The van der Waals surface area contributed by atoms with Gasteiger partial charge in [-0.05, 0) is 77.0 Å². The van der Waals surface area contributed by atoms with E-state index in [9.17, 15) is 19.8 Å². The molecule has 6 nitrogen and oxygen atoms in total. The van der Waals surface area contributed by atoms with Crippen LogP contribution in [0.5, 0.6) is 0 Å². The summed E-state index contributed by atoms with van der Waals surface area (Å²) in [5.74, 6) is -0.0318. The monoisotopic (exact) mass is 972 g/mol. The standard InChI is InChI=1S/C63H121NO5/c1-3-5-7-9-11-13-15-17-29-33-37-41-45-49-53-57-63(68)69-58-54-50-46-42-38-34-31-28-26-24-22-20-18-19-21-23-25-27-30-32-36-40-44-48-52-56-62(67)64-60(59-65)61(66)55-51-47-43-39-35-16-14-12-10-8-6-4-2/h17,19,21,29,60-61,65-66H,3-16,18,20,22-28,30-59H2,1-2H3,(H,64,67)/b21-19-,29-17-. The summed E-state index contributed by atoms with van der Waals surface area (Å²) in [6, 6.07) is -0.542. The van der Waals surface area contributed by atoms with Gasteiger partial charge in [-0.2, -0.15) is 0 Å². The highest BCUT2D eigenvalue weighted by atomic mass is 16.5. The second-order valence-electron chi connectivity index (χ2n) is 21.4. The van der Waals surface area contributed by atoms with Crippen LogP contribution >= 0.6 is 0 Å². The smallest absolute Gasteiger partial charge is 0.305 e. The molecule has 0 aromatic heterocycles. The van der Waals surface area contributed by atoms with Crippen LogP contribution in [0.4, 0.5) is 0 Å². The molecule has 3 N–H and O–H groups in total. The van der Waals surface area contributed by atoms with E-state index in [1.165, 1.54) is 263 Å². The maximum Gasteiger partial charge on any atom is 0.305 e. The van der Waals surface area contributed by atoms with Gasteiger partial charge in [-0.1, -0.05) is 276 Å². The molecule has 2 atom stereocenters. The molecule has 0 aliphatic heterocycles. The van der Waals surface area contributed by atoms with Crippen molar-refractivity contribution in [3.05, 3.63) is 24.3 Å². The van der Waals surface area contributed by atoms with Crippen LogP contribution in [-0.2, 0) is 14.3 Å². The number of carbonyl (C=O) groups excluding carboxylic acids is 2. The van der Waals surface area contributed by atoms with Crippen LogP contribution in [0.15, 0.2) is 24.3 Å². The van der Waals surface area contributed by atoms with Gasteiger partial charge in [0.15, 0.2) is 0 Å². The zero-order chi connectivity index (χ0) is 50.0. The summed E-state index contributed by atoms with van der Waals surface area (Å²) in [6.45, 7) is 4.95. The summed E-state index contributed by atoms with van der Waals surface area (Å²) >= 11 is 0. The average molecular weight is 973 g/mol. The van der Waals surface area contributed by atoms with Crippen molar-refractivity contribution in [3.63, 3.8) is 0 Å². The van der Waals surface area contributed by atoms with Gasteiger partial charge in [-0.25, -0.2) is 0 Å². The summed E-state index contributed by atoms with van der Waals surface area (Å²) in [7, 11) is 0. The minimum absolute atomic E-state index is 0.00578. The van der Waals surface area contributed by atoms with Crippen LogP contribution in [0.1, 0.15) is 341 Å². The molecule has 0 saturated carbocycles. The third-order valence-corrected chi connectivity index (χ3v) is 14.5. The average Bonchev–Trinajstić information content (AvgIpc) is 3.35. The van der Waals surface area contributed by atoms with E-state index >= 15 is 0 Å². The van der Waals surface area contributed by atoms with Crippen LogP contribution in [0.3, 0.4) is 0 Å². The van der Waals surface area contributed by atoms with Crippen LogP contribution in [0, 0.1) is 0 Å². The third-order valence-electron chi connectivity index (χ3n) is 14.5. The predicted octanol–water partition coefficient (Wildman–Crippen LogP) is 19.4. The molecule has 0 saturated heterocycles. The predicted molar refractivity (Wildman–Crippen MR) is 301 cm³/mol. The second-order valence-corrected chi connectivity index (χ2v) is 21.4. The third kappa shape index (κ3) is 55.5. The van der Waals surface area contributed by atoms with Gasteiger partial charge in [0.2, 0.25) is 5.91 Å². The van der Waals surface area contributed by atoms with Gasteiger partial charge in [0.05, 0.1) is 25.4 Å². The number of nitrogens with one attached hydrogen (secondary N) is 1. The number of carbonyl (C=O) groups is 2. The lowest BCUT2D eigenvalue weighted by molar-refractivity contribution is -0.143. The maximum atomic E-state index is 12.5. The molecule has 2 unspecified atom stereocenters. The Labute approximate surface area is 431 Å². The van der Waals surface area contributed by atoms with Gasteiger partial charge in [0, 0.05) is 12.8 Å². The van der Waals surface area contributed by atoms with Gasteiger partial charge < -0.3 is 20.3 Å². The van der Waals surface area contributed by atoms with Crippen LogP contribution in [0.2, 0.25) is 0 Å². The van der Waals surface area contributed by atoms with E-state index in [0.717, 1.165) is 44.9 Å². The Hall–Kier alpha value is -1.66. The normalized spacial score (nSPS) is 12.7. The van der Waals surface area contributed by atoms with Crippen LogP contribution in [0.25, 0.3) is 0 Å².